The Bertz CT molecular complexity index is 329. The van der Waals surface area contributed by atoms with Gasteiger partial charge >= 0.3 is 0 Å². The van der Waals surface area contributed by atoms with Gasteiger partial charge in [0.1, 0.15) is 11.6 Å². The van der Waals surface area contributed by atoms with Crippen molar-refractivity contribution in [3.63, 3.8) is 0 Å². The number of hydrogen-bond donors (Lipinski definition) is 0. The zero-order chi connectivity index (χ0) is 12.1. The summed E-state index contributed by atoms with van der Waals surface area (Å²) < 4.78 is 37.8. The second-order valence-corrected chi connectivity index (χ2v) is 3.94. The molecule has 1 rings (SSSR count). The van der Waals surface area contributed by atoms with Crippen molar-refractivity contribution in [2.75, 3.05) is 13.2 Å². The maximum Gasteiger partial charge on any atom is 0.189 e. The van der Waals surface area contributed by atoms with Gasteiger partial charge in [0, 0.05) is 17.7 Å². The van der Waals surface area contributed by atoms with Crippen LogP contribution in [0.4, 0.5) is 8.78 Å². The molecule has 16 heavy (non-hydrogen) atoms. The zero-order valence-corrected chi connectivity index (χ0v) is 10.7. The molecule has 0 spiro atoms. The van der Waals surface area contributed by atoms with Crippen LogP contribution in [0.5, 0.6) is 0 Å². The van der Waals surface area contributed by atoms with E-state index in [0.29, 0.717) is 17.7 Å². The van der Waals surface area contributed by atoms with Crippen LogP contribution in [0, 0.1) is 11.6 Å². The molecule has 0 aliphatic heterocycles. The highest BCUT2D eigenvalue weighted by molar-refractivity contribution is 9.10. The fourth-order valence-corrected chi connectivity index (χ4v) is 1.70. The quantitative estimate of drug-likeness (QED) is 0.769. The Kier molecular flexibility index (Phi) is 5.31. The Morgan fingerprint density at radius 1 is 1.12 bits per heavy atom. The van der Waals surface area contributed by atoms with Gasteiger partial charge in [-0.3, -0.25) is 0 Å². The van der Waals surface area contributed by atoms with Crippen LogP contribution < -0.4 is 0 Å². The molecular formula is C11H13BrF2O2. The molecule has 5 heteroatoms. The molecule has 0 bridgehead atoms. The van der Waals surface area contributed by atoms with Gasteiger partial charge in [0.15, 0.2) is 6.29 Å². The summed E-state index contributed by atoms with van der Waals surface area (Å²) in [4.78, 5) is 0. The third-order valence-electron chi connectivity index (χ3n) is 1.92. The van der Waals surface area contributed by atoms with Crippen LogP contribution in [0.25, 0.3) is 0 Å². The van der Waals surface area contributed by atoms with E-state index in [9.17, 15) is 8.78 Å². The molecule has 0 aromatic heterocycles. The summed E-state index contributed by atoms with van der Waals surface area (Å²) in [5.74, 6) is -1.36. The number of halogens is 3. The van der Waals surface area contributed by atoms with Crippen LogP contribution >= 0.6 is 15.9 Å². The van der Waals surface area contributed by atoms with E-state index < -0.39 is 17.9 Å². The van der Waals surface area contributed by atoms with E-state index in [-0.39, 0.29) is 5.56 Å². The summed E-state index contributed by atoms with van der Waals surface area (Å²) in [7, 11) is 0. The molecular weight excluding hydrogens is 282 g/mol. The number of benzene rings is 1. The van der Waals surface area contributed by atoms with Gasteiger partial charge in [-0.1, -0.05) is 15.9 Å². The third-order valence-corrected chi connectivity index (χ3v) is 2.37. The molecule has 0 saturated carbocycles. The molecule has 0 aliphatic carbocycles. The predicted molar refractivity (Wildman–Crippen MR) is 60.1 cm³/mol. The van der Waals surface area contributed by atoms with E-state index in [2.05, 4.69) is 15.9 Å². The number of ether oxygens (including phenoxy) is 2. The lowest BCUT2D eigenvalue weighted by atomic mass is 10.2. The second kappa shape index (κ2) is 6.27. The average molecular weight is 295 g/mol. The molecule has 0 heterocycles. The molecule has 0 unspecified atom stereocenters. The van der Waals surface area contributed by atoms with Gasteiger partial charge in [-0.2, -0.15) is 0 Å². The standard InChI is InChI=1S/C11H13BrF2O2/c1-3-15-11(16-4-2)10-8(13)5-7(12)6-9(10)14/h5-6,11H,3-4H2,1-2H3. The molecule has 0 N–H and O–H groups in total. The van der Waals surface area contributed by atoms with Gasteiger partial charge < -0.3 is 9.47 Å². The molecule has 90 valence electrons. The van der Waals surface area contributed by atoms with E-state index >= 15 is 0 Å². The zero-order valence-electron chi connectivity index (χ0n) is 9.10. The van der Waals surface area contributed by atoms with Crippen molar-refractivity contribution in [1.82, 2.24) is 0 Å². The van der Waals surface area contributed by atoms with Gasteiger partial charge in [-0.15, -0.1) is 0 Å². The van der Waals surface area contributed by atoms with Crippen molar-refractivity contribution >= 4 is 15.9 Å². The monoisotopic (exact) mass is 294 g/mol. The van der Waals surface area contributed by atoms with Crippen LogP contribution in [0.1, 0.15) is 25.7 Å². The van der Waals surface area contributed by atoms with Crippen LogP contribution in [0.2, 0.25) is 0 Å². The molecule has 2 nitrogen and oxygen atoms in total. The summed E-state index contributed by atoms with van der Waals surface area (Å²) in [6.45, 7) is 4.11. The highest BCUT2D eigenvalue weighted by Crippen LogP contribution is 2.27. The summed E-state index contributed by atoms with van der Waals surface area (Å²) in [6.07, 6.45) is -0.997. The van der Waals surface area contributed by atoms with E-state index in [1.807, 2.05) is 0 Å². The normalized spacial score (nSPS) is 11.1. The predicted octanol–water partition coefficient (Wildman–Crippen LogP) is 3.80. The van der Waals surface area contributed by atoms with Gasteiger partial charge in [0.2, 0.25) is 0 Å². The second-order valence-electron chi connectivity index (χ2n) is 3.03. The van der Waals surface area contributed by atoms with Crippen LogP contribution in [0.15, 0.2) is 16.6 Å². The van der Waals surface area contributed by atoms with Crippen molar-refractivity contribution in [3.8, 4) is 0 Å². The smallest absolute Gasteiger partial charge is 0.189 e. The summed E-state index contributed by atoms with van der Waals surface area (Å²) in [6, 6.07) is 2.37. The van der Waals surface area contributed by atoms with Crippen LogP contribution in [0.3, 0.4) is 0 Å². The van der Waals surface area contributed by atoms with E-state index in [1.165, 1.54) is 12.1 Å². The van der Waals surface area contributed by atoms with Gasteiger partial charge in [0.25, 0.3) is 0 Å². The number of hydrogen-bond acceptors (Lipinski definition) is 2. The Labute approximate surface area is 102 Å². The Morgan fingerprint density at radius 3 is 1.94 bits per heavy atom. The summed E-state index contributed by atoms with van der Waals surface area (Å²) >= 11 is 3.01. The topological polar surface area (TPSA) is 18.5 Å². The molecule has 1 aromatic rings. The lowest BCUT2D eigenvalue weighted by Gasteiger charge is -2.18. The van der Waals surface area contributed by atoms with Crippen molar-refractivity contribution in [2.24, 2.45) is 0 Å². The fourth-order valence-electron chi connectivity index (χ4n) is 1.30. The van der Waals surface area contributed by atoms with Crippen molar-refractivity contribution in [2.45, 2.75) is 20.1 Å². The largest absolute Gasteiger partial charge is 0.348 e. The van der Waals surface area contributed by atoms with Crippen LogP contribution in [-0.2, 0) is 9.47 Å². The summed E-state index contributed by atoms with van der Waals surface area (Å²) in [5, 5.41) is 0. The first-order valence-corrected chi connectivity index (χ1v) is 5.77. The van der Waals surface area contributed by atoms with Gasteiger partial charge in [-0.05, 0) is 26.0 Å². The molecule has 0 radical (unpaired) electrons. The van der Waals surface area contributed by atoms with Crippen molar-refractivity contribution in [3.05, 3.63) is 33.8 Å². The van der Waals surface area contributed by atoms with Crippen molar-refractivity contribution in [1.29, 1.82) is 0 Å². The molecule has 0 saturated heterocycles. The average Bonchev–Trinajstić information content (AvgIpc) is 2.16. The van der Waals surface area contributed by atoms with Crippen molar-refractivity contribution < 1.29 is 18.3 Å². The van der Waals surface area contributed by atoms with Gasteiger partial charge in [0.05, 0.1) is 5.56 Å². The molecule has 0 fully saturated rings. The Hall–Kier alpha value is -0.520. The lowest BCUT2D eigenvalue weighted by molar-refractivity contribution is -0.143. The highest BCUT2D eigenvalue weighted by Gasteiger charge is 2.21. The SMILES string of the molecule is CCOC(OCC)c1c(F)cc(Br)cc1F. The van der Waals surface area contributed by atoms with Crippen LogP contribution in [-0.4, -0.2) is 13.2 Å². The fraction of sp³-hybridized carbons (Fsp3) is 0.455. The highest BCUT2D eigenvalue weighted by atomic mass is 79.9. The first-order chi connectivity index (χ1) is 7.60. The maximum atomic E-state index is 13.6. The minimum atomic E-state index is -0.997. The summed E-state index contributed by atoms with van der Waals surface area (Å²) in [5.41, 5.74) is -0.188. The molecule has 1 aromatic carbocycles. The Balaban J connectivity index is 3.07. The minimum absolute atomic E-state index is 0.188. The lowest BCUT2D eigenvalue weighted by Crippen LogP contribution is -2.12. The first kappa shape index (κ1) is 13.5. The third kappa shape index (κ3) is 3.23. The minimum Gasteiger partial charge on any atom is -0.348 e. The molecule has 0 amide bonds. The van der Waals surface area contributed by atoms with E-state index in [1.54, 1.807) is 13.8 Å². The van der Waals surface area contributed by atoms with E-state index in [4.69, 9.17) is 9.47 Å². The first-order valence-electron chi connectivity index (χ1n) is 4.97. The number of rotatable bonds is 5. The molecule has 0 atom stereocenters. The van der Waals surface area contributed by atoms with Gasteiger partial charge in [-0.25, -0.2) is 8.78 Å². The molecule has 0 aliphatic rings. The Morgan fingerprint density at radius 2 is 1.56 bits per heavy atom. The maximum absolute atomic E-state index is 13.6. The van der Waals surface area contributed by atoms with E-state index in [0.717, 1.165) is 0 Å².